The highest BCUT2D eigenvalue weighted by Crippen LogP contribution is 2.21. The quantitative estimate of drug-likeness (QED) is 0.852. The topological polar surface area (TPSA) is 75.1 Å². The summed E-state index contributed by atoms with van der Waals surface area (Å²) in [5, 5.41) is 13.1. The molecule has 0 aliphatic heterocycles. The monoisotopic (exact) mass is 291 g/mol. The number of nitrogens with one attached hydrogen (secondary N) is 1. The Kier molecular flexibility index (Phi) is 4.79. The molecule has 2 rings (SSSR count). The molecule has 2 N–H and O–H groups in total. The number of carboxylic acid groups (broad SMARTS) is 1. The summed E-state index contributed by atoms with van der Waals surface area (Å²) in [6, 6.07) is 5.21. The first-order chi connectivity index (χ1) is 9.61. The number of nitrogens with zero attached hydrogens (tertiary/aromatic N) is 2. The van der Waals surface area contributed by atoms with Crippen LogP contribution in [0.1, 0.15) is 12.0 Å². The summed E-state index contributed by atoms with van der Waals surface area (Å²) in [6.07, 6.45) is 3.96. The van der Waals surface area contributed by atoms with E-state index in [4.69, 9.17) is 0 Å². The van der Waals surface area contributed by atoms with Gasteiger partial charge in [0, 0.05) is 5.39 Å². The SMILES string of the molecule is CSCCC(Nc1ncnc2ccc(C)cc12)C(=O)O. The molecule has 20 heavy (non-hydrogen) atoms. The molecule has 0 aliphatic rings. The lowest BCUT2D eigenvalue weighted by atomic mass is 10.1. The van der Waals surface area contributed by atoms with Crippen LogP contribution in [0, 0.1) is 6.92 Å². The Morgan fingerprint density at radius 3 is 2.95 bits per heavy atom. The van der Waals surface area contributed by atoms with Crippen molar-refractivity contribution in [2.45, 2.75) is 19.4 Å². The molecule has 0 aliphatic carbocycles. The number of rotatable bonds is 6. The Bertz CT molecular complexity index is 618. The van der Waals surface area contributed by atoms with Gasteiger partial charge in [0.15, 0.2) is 0 Å². The molecule has 1 aromatic carbocycles. The highest BCUT2D eigenvalue weighted by atomic mass is 32.2. The molecule has 0 spiro atoms. The van der Waals surface area contributed by atoms with Crippen molar-refractivity contribution in [1.82, 2.24) is 9.97 Å². The summed E-state index contributed by atoms with van der Waals surface area (Å²) in [6.45, 7) is 1.98. The first-order valence-electron chi connectivity index (χ1n) is 6.31. The molecular weight excluding hydrogens is 274 g/mol. The Labute approximate surface area is 121 Å². The van der Waals surface area contributed by atoms with Crippen molar-refractivity contribution in [2.24, 2.45) is 0 Å². The second-order valence-corrected chi connectivity index (χ2v) is 5.55. The lowest BCUT2D eigenvalue weighted by molar-refractivity contribution is -0.137. The Morgan fingerprint density at radius 2 is 2.25 bits per heavy atom. The van der Waals surface area contributed by atoms with Crippen LogP contribution < -0.4 is 5.32 Å². The third kappa shape index (κ3) is 3.39. The Morgan fingerprint density at radius 1 is 1.45 bits per heavy atom. The van der Waals surface area contributed by atoms with Gasteiger partial charge in [0.05, 0.1) is 5.52 Å². The number of thioether (sulfide) groups is 1. The van der Waals surface area contributed by atoms with Crippen molar-refractivity contribution in [2.75, 3.05) is 17.3 Å². The first kappa shape index (κ1) is 14.6. The fourth-order valence-corrected chi connectivity index (χ4v) is 2.42. The molecule has 6 heteroatoms. The molecule has 0 bridgehead atoms. The minimum Gasteiger partial charge on any atom is -0.480 e. The summed E-state index contributed by atoms with van der Waals surface area (Å²) in [5.41, 5.74) is 1.90. The number of aryl methyl sites for hydroxylation is 1. The maximum atomic E-state index is 11.3. The maximum absolute atomic E-state index is 11.3. The molecule has 5 nitrogen and oxygen atoms in total. The third-order valence-corrected chi connectivity index (χ3v) is 3.65. The largest absolute Gasteiger partial charge is 0.480 e. The molecule has 0 saturated heterocycles. The highest BCUT2D eigenvalue weighted by molar-refractivity contribution is 7.98. The molecule has 2 aromatic rings. The second kappa shape index (κ2) is 6.56. The van der Waals surface area contributed by atoms with Crippen LogP contribution >= 0.6 is 11.8 Å². The van der Waals surface area contributed by atoms with E-state index in [1.54, 1.807) is 11.8 Å². The van der Waals surface area contributed by atoms with Gasteiger partial charge < -0.3 is 10.4 Å². The zero-order chi connectivity index (χ0) is 14.5. The number of fused-ring (bicyclic) bond motifs is 1. The van der Waals surface area contributed by atoms with E-state index >= 15 is 0 Å². The van der Waals surface area contributed by atoms with E-state index in [-0.39, 0.29) is 0 Å². The predicted octanol–water partition coefficient (Wildman–Crippen LogP) is 2.56. The number of hydrogen-bond donors (Lipinski definition) is 2. The molecule has 1 unspecified atom stereocenters. The van der Waals surface area contributed by atoms with Crippen molar-refractivity contribution in [3.8, 4) is 0 Å². The average molecular weight is 291 g/mol. The van der Waals surface area contributed by atoms with Gasteiger partial charge in [-0.2, -0.15) is 11.8 Å². The number of anilines is 1. The second-order valence-electron chi connectivity index (χ2n) is 4.56. The van der Waals surface area contributed by atoms with Gasteiger partial charge in [0.25, 0.3) is 0 Å². The maximum Gasteiger partial charge on any atom is 0.326 e. The highest BCUT2D eigenvalue weighted by Gasteiger charge is 2.18. The smallest absolute Gasteiger partial charge is 0.326 e. The minimum atomic E-state index is -0.863. The van der Waals surface area contributed by atoms with Crippen LogP contribution in [0.15, 0.2) is 24.5 Å². The predicted molar refractivity (Wildman–Crippen MR) is 82.3 cm³/mol. The molecule has 0 saturated carbocycles. The molecule has 1 atom stereocenters. The number of benzene rings is 1. The van der Waals surface area contributed by atoms with Crippen LogP contribution in [0.5, 0.6) is 0 Å². The molecule has 1 heterocycles. The Hall–Kier alpha value is -1.82. The van der Waals surface area contributed by atoms with E-state index < -0.39 is 12.0 Å². The molecule has 1 aromatic heterocycles. The lowest BCUT2D eigenvalue weighted by Crippen LogP contribution is -2.30. The summed E-state index contributed by atoms with van der Waals surface area (Å²) < 4.78 is 0. The minimum absolute atomic E-state index is 0.549. The molecule has 106 valence electrons. The fraction of sp³-hybridized carbons (Fsp3) is 0.357. The zero-order valence-corrected chi connectivity index (χ0v) is 12.3. The Balaban J connectivity index is 2.31. The summed E-state index contributed by atoms with van der Waals surface area (Å²) in [4.78, 5) is 19.7. The molecule has 0 amide bonds. The number of hydrogen-bond acceptors (Lipinski definition) is 5. The summed E-state index contributed by atoms with van der Waals surface area (Å²) in [5.74, 6) is 0.497. The zero-order valence-electron chi connectivity index (χ0n) is 11.5. The molecule has 0 radical (unpaired) electrons. The van der Waals surface area contributed by atoms with Gasteiger partial charge >= 0.3 is 5.97 Å². The van der Waals surface area contributed by atoms with Gasteiger partial charge in [-0.05, 0) is 37.5 Å². The van der Waals surface area contributed by atoms with Crippen molar-refractivity contribution in [3.63, 3.8) is 0 Å². The third-order valence-electron chi connectivity index (χ3n) is 3.01. The van der Waals surface area contributed by atoms with Crippen molar-refractivity contribution < 1.29 is 9.90 Å². The van der Waals surface area contributed by atoms with Crippen LogP contribution in [0.25, 0.3) is 10.9 Å². The number of carbonyl (C=O) groups is 1. The van der Waals surface area contributed by atoms with Crippen LogP contribution in [0.2, 0.25) is 0 Å². The molecular formula is C14H17N3O2S. The number of aromatic nitrogens is 2. The number of aliphatic carboxylic acids is 1. The van der Waals surface area contributed by atoms with Gasteiger partial charge in [0.2, 0.25) is 0 Å². The van der Waals surface area contributed by atoms with Crippen LogP contribution in [0.4, 0.5) is 5.82 Å². The van der Waals surface area contributed by atoms with Crippen LogP contribution in [-0.2, 0) is 4.79 Å². The van der Waals surface area contributed by atoms with E-state index in [1.807, 2.05) is 31.4 Å². The standard InChI is InChI=1S/C14H17N3O2S/c1-9-3-4-11-10(7-9)13(16-8-15-11)17-12(14(18)19)5-6-20-2/h3-4,7-8,12H,5-6H2,1-2H3,(H,18,19)(H,15,16,17). The van der Waals surface area contributed by atoms with Crippen LogP contribution in [-0.4, -0.2) is 39.1 Å². The first-order valence-corrected chi connectivity index (χ1v) is 7.71. The van der Waals surface area contributed by atoms with Gasteiger partial charge in [-0.3, -0.25) is 0 Å². The summed E-state index contributed by atoms with van der Waals surface area (Å²) in [7, 11) is 0. The van der Waals surface area contributed by atoms with Gasteiger partial charge in [-0.15, -0.1) is 0 Å². The lowest BCUT2D eigenvalue weighted by Gasteiger charge is -2.15. The van der Waals surface area contributed by atoms with E-state index in [0.717, 1.165) is 22.2 Å². The number of carboxylic acids is 1. The van der Waals surface area contributed by atoms with Crippen LogP contribution in [0.3, 0.4) is 0 Å². The van der Waals surface area contributed by atoms with E-state index in [2.05, 4.69) is 15.3 Å². The summed E-state index contributed by atoms with van der Waals surface area (Å²) >= 11 is 1.63. The molecule has 0 fully saturated rings. The van der Waals surface area contributed by atoms with E-state index in [1.165, 1.54) is 6.33 Å². The average Bonchev–Trinajstić information content (AvgIpc) is 2.43. The van der Waals surface area contributed by atoms with E-state index in [0.29, 0.717) is 12.2 Å². The van der Waals surface area contributed by atoms with Gasteiger partial charge in [-0.1, -0.05) is 11.6 Å². The van der Waals surface area contributed by atoms with Gasteiger partial charge in [0.1, 0.15) is 18.2 Å². The van der Waals surface area contributed by atoms with Gasteiger partial charge in [-0.25, -0.2) is 14.8 Å². The van der Waals surface area contributed by atoms with Crippen molar-refractivity contribution in [1.29, 1.82) is 0 Å². The normalized spacial score (nSPS) is 12.3. The van der Waals surface area contributed by atoms with Crippen molar-refractivity contribution in [3.05, 3.63) is 30.1 Å². The van der Waals surface area contributed by atoms with Crippen molar-refractivity contribution >= 4 is 34.5 Å². The van der Waals surface area contributed by atoms with E-state index in [9.17, 15) is 9.90 Å². The fourth-order valence-electron chi connectivity index (χ4n) is 1.94.